The summed E-state index contributed by atoms with van der Waals surface area (Å²) >= 11 is 0. The van der Waals surface area contributed by atoms with E-state index in [2.05, 4.69) is 24.9 Å². The number of hydrogen-bond acceptors (Lipinski definition) is 2. The Labute approximate surface area is 111 Å². The number of benzene rings is 1. The first kappa shape index (κ1) is 14.9. The Morgan fingerprint density at radius 3 is 2.28 bits per heavy atom. The highest BCUT2D eigenvalue weighted by molar-refractivity contribution is 5.96. The van der Waals surface area contributed by atoms with Crippen molar-refractivity contribution in [2.24, 2.45) is 0 Å². The van der Waals surface area contributed by atoms with Crippen LogP contribution in [0.25, 0.3) is 0 Å². The fourth-order valence-corrected chi connectivity index (χ4v) is 2.11. The molecule has 0 bridgehead atoms. The molecule has 0 N–H and O–H groups in total. The molecule has 0 radical (unpaired) electrons. The Morgan fingerprint density at radius 1 is 1.11 bits per heavy atom. The lowest BCUT2D eigenvalue weighted by molar-refractivity contribution is 0.0968. The van der Waals surface area contributed by atoms with Crippen LogP contribution in [0.5, 0.6) is 0 Å². The molecule has 0 spiro atoms. The highest BCUT2D eigenvalue weighted by Crippen LogP contribution is 2.11. The topological polar surface area (TPSA) is 20.3 Å². The number of carbonyl (C=O) groups is 1. The largest absolute Gasteiger partial charge is 0.306 e. The summed E-state index contributed by atoms with van der Waals surface area (Å²) in [5.74, 6) is 0.255. The summed E-state index contributed by atoms with van der Waals surface area (Å²) in [6.45, 7) is 8.20. The second-order valence-corrected chi connectivity index (χ2v) is 5.21. The predicted molar refractivity (Wildman–Crippen MR) is 77.3 cm³/mol. The molecule has 0 aliphatic heterocycles. The fourth-order valence-electron chi connectivity index (χ4n) is 2.11. The molecule has 0 unspecified atom stereocenters. The number of ketones is 1. The molecular formula is C16H25NO. The van der Waals surface area contributed by atoms with E-state index in [1.807, 2.05) is 26.0 Å². The van der Waals surface area contributed by atoms with E-state index in [1.165, 1.54) is 12.8 Å². The number of unbranched alkanes of at least 4 members (excludes halogenated alkanes) is 1. The van der Waals surface area contributed by atoms with E-state index < -0.39 is 0 Å². The molecule has 0 saturated heterocycles. The van der Waals surface area contributed by atoms with Gasteiger partial charge in [-0.3, -0.25) is 4.79 Å². The molecule has 0 amide bonds. The van der Waals surface area contributed by atoms with Crippen LogP contribution >= 0.6 is 0 Å². The van der Waals surface area contributed by atoms with Gasteiger partial charge in [0.1, 0.15) is 0 Å². The fraction of sp³-hybridized carbons (Fsp3) is 0.562. The second kappa shape index (κ2) is 7.32. The van der Waals surface area contributed by atoms with Gasteiger partial charge < -0.3 is 4.90 Å². The van der Waals surface area contributed by atoms with Crippen molar-refractivity contribution in [1.29, 1.82) is 0 Å². The van der Waals surface area contributed by atoms with Crippen LogP contribution in [0.4, 0.5) is 0 Å². The van der Waals surface area contributed by atoms with E-state index in [1.54, 1.807) is 0 Å². The van der Waals surface area contributed by atoms with Crippen molar-refractivity contribution in [3.8, 4) is 0 Å². The molecule has 18 heavy (non-hydrogen) atoms. The lowest BCUT2D eigenvalue weighted by atomic mass is 10.0. The van der Waals surface area contributed by atoms with Crippen molar-refractivity contribution >= 4 is 5.78 Å². The molecule has 0 aromatic heterocycles. The van der Waals surface area contributed by atoms with Gasteiger partial charge in [-0.25, -0.2) is 0 Å². The summed E-state index contributed by atoms with van der Waals surface area (Å²) in [7, 11) is 2.09. The number of carbonyl (C=O) groups excluding carboxylic acids is 1. The molecule has 0 saturated carbocycles. The Kier molecular flexibility index (Phi) is 6.06. The summed E-state index contributed by atoms with van der Waals surface area (Å²) in [5, 5.41) is 0. The molecule has 100 valence electrons. The Hall–Kier alpha value is -1.15. The minimum absolute atomic E-state index is 0.255. The van der Waals surface area contributed by atoms with Gasteiger partial charge in [-0.1, -0.05) is 30.5 Å². The van der Waals surface area contributed by atoms with Crippen LogP contribution in [0.3, 0.4) is 0 Å². The van der Waals surface area contributed by atoms with Gasteiger partial charge in [0, 0.05) is 18.5 Å². The maximum Gasteiger partial charge on any atom is 0.164 e. The summed E-state index contributed by atoms with van der Waals surface area (Å²) in [6.07, 6.45) is 3.02. The number of nitrogens with zero attached hydrogens (tertiary/aromatic N) is 1. The molecule has 2 nitrogen and oxygen atoms in total. The van der Waals surface area contributed by atoms with Crippen LogP contribution in [0, 0.1) is 13.8 Å². The van der Waals surface area contributed by atoms with Crippen molar-refractivity contribution in [2.45, 2.75) is 40.0 Å². The average molecular weight is 247 g/mol. The Balaban J connectivity index is 2.50. The Bertz CT molecular complexity index is 378. The van der Waals surface area contributed by atoms with Crippen LogP contribution in [0.15, 0.2) is 18.2 Å². The van der Waals surface area contributed by atoms with E-state index in [4.69, 9.17) is 0 Å². The SMILES string of the molecule is CCCCN(C)CCC(=O)c1cc(C)cc(C)c1. The molecule has 1 aromatic carbocycles. The van der Waals surface area contributed by atoms with E-state index in [9.17, 15) is 4.79 Å². The quantitative estimate of drug-likeness (QED) is 0.686. The van der Waals surface area contributed by atoms with Gasteiger partial charge in [-0.2, -0.15) is 0 Å². The summed E-state index contributed by atoms with van der Waals surface area (Å²) in [5.41, 5.74) is 3.19. The van der Waals surface area contributed by atoms with Gasteiger partial charge in [-0.15, -0.1) is 0 Å². The number of hydrogen-bond donors (Lipinski definition) is 0. The molecule has 2 heteroatoms. The van der Waals surface area contributed by atoms with Crippen LogP contribution in [0.1, 0.15) is 47.7 Å². The molecule has 0 heterocycles. The lowest BCUT2D eigenvalue weighted by Gasteiger charge is -2.15. The highest BCUT2D eigenvalue weighted by atomic mass is 16.1. The number of rotatable bonds is 7. The summed E-state index contributed by atoms with van der Waals surface area (Å²) < 4.78 is 0. The lowest BCUT2D eigenvalue weighted by Crippen LogP contribution is -2.23. The standard InChI is InChI=1S/C16H25NO/c1-5-6-8-17(4)9-7-16(18)15-11-13(2)10-14(3)12-15/h10-12H,5-9H2,1-4H3. The Morgan fingerprint density at radius 2 is 1.72 bits per heavy atom. The molecule has 1 aromatic rings. The highest BCUT2D eigenvalue weighted by Gasteiger charge is 2.08. The first-order chi connectivity index (χ1) is 8.52. The smallest absolute Gasteiger partial charge is 0.164 e. The van der Waals surface area contributed by atoms with Gasteiger partial charge in [0.05, 0.1) is 0 Å². The van der Waals surface area contributed by atoms with Gasteiger partial charge in [-0.05, 0) is 46.0 Å². The minimum atomic E-state index is 0.255. The predicted octanol–water partition coefficient (Wildman–Crippen LogP) is 3.61. The zero-order valence-electron chi connectivity index (χ0n) is 12.1. The van der Waals surface area contributed by atoms with E-state index in [0.29, 0.717) is 6.42 Å². The molecule has 1 rings (SSSR count). The molecular weight excluding hydrogens is 222 g/mol. The monoisotopic (exact) mass is 247 g/mol. The zero-order chi connectivity index (χ0) is 13.5. The maximum atomic E-state index is 12.1. The van der Waals surface area contributed by atoms with Crippen molar-refractivity contribution in [3.05, 3.63) is 34.9 Å². The molecule has 0 aliphatic rings. The van der Waals surface area contributed by atoms with Crippen molar-refractivity contribution < 1.29 is 4.79 Å². The van der Waals surface area contributed by atoms with Crippen LogP contribution in [-0.2, 0) is 0 Å². The number of aryl methyl sites for hydroxylation is 2. The molecule has 0 aliphatic carbocycles. The third-order valence-corrected chi connectivity index (χ3v) is 3.16. The third kappa shape index (κ3) is 5.01. The van der Waals surface area contributed by atoms with Crippen LogP contribution in [-0.4, -0.2) is 30.8 Å². The van der Waals surface area contributed by atoms with E-state index >= 15 is 0 Å². The zero-order valence-corrected chi connectivity index (χ0v) is 12.1. The van der Waals surface area contributed by atoms with Crippen LogP contribution < -0.4 is 0 Å². The van der Waals surface area contributed by atoms with E-state index in [0.717, 1.165) is 29.8 Å². The first-order valence-electron chi connectivity index (χ1n) is 6.83. The average Bonchev–Trinajstić information content (AvgIpc) is 2.32. The molecule has 0 atom stereocenters. The minimum Gasteiger partial charge on any atom is -0.306 e. The normalized spacial score (nSPS) is 10.9. The van der Waals surface area contributed by atoms with Crippen molar-refractivity contribution in [2.75, 3.05) is 20.1 Å². The van der Waals surface area contributed by atoms with Crippen molar-refractivity contribution in [3.63, 3.8) is 0 Å². The van der Waals surface area contributed by atoms with Crippen LogP contribution in [0.2, 0.25) is 0 Å². The van der Waals surface area contributed by atoms with Gasteiger partial charge in [0.2, 0.25) is 0 Å². The maximum absolute atomic E-state index is 12.1. The second-order valence-electron chi connectivity index (χ2n) is 5.21. The van der Waals surface area contributed by atoms with Crippen molar-refractivity contribution in [1.82, 2.24) is 4.90 Å². The van der Waals surface area contributed by atoms with E-state index in [-0.39, 0.29) is 5.78 Å². The molecule has 0 fully saturated rings. The third-order valence-electron chi connectivity index (χ3n) is 3.16. The summed E-state index contributed by atoms with van der Waals surface area (Å²) in [4.78, 5) is 14.3. The van der Waals surface area contributed by atoms with Gasteiger partial charge >= 0.3 is 0 Å². The van der Waals surface area contributed by atoms with Gasteiger partial charge in [0.25, 0.3) is 0 Å². The van der Waals surface area contributed by atoms with Gasteiger partial charge in [0.15, 0.2) is 5.78 Å². The summed E-state index contributed by atoms with van der Waals surface area (Å²) in [6, 6.07) is 6.08. The first-order valence-corrected chi connectivity index (χ1v) is 6.83. The number of Topliss-reactive ketones (excluding diaryl/α,β-unsaturated/α-hetero) is 1.